The quantitative estimate of drug-likeness (QED) is 0.670. The maximum Gasteiger partial charge on any atom is -0.412 e. The molecular weight excluding hydrogens is 381 g/mol. The standard InChI is InChI=1S/4C2H3O.C2H5.H2O.Ta/c4*1-2-3;1-2;;/h4*1H3;1H2,2H3;1H2;. The summed E-state index contributed by atoms with van der Waals surface area (Å²) in [7, 11) is 0. The molecule has 0 unspecified atom stereocenters. The Morgan fingerprint density at radius 1 is 0.750 bits per heavy atom. The van der Waals surface area contributed by atoms with Crippen LogP contribution in [0.4, 0.5) is 0 Å². The van der Waals surface area contributed by atoms with Crippen LogP contribution in [0.25, 0.3) is 0 Å². The average molecular weight is 400 g/mol. The number of carbonyl (C=O) groups excluding carboxylic acids is 4. The van der Waals surface area contributed by atoms with Gasteiger partial charge in [-0.1, -0.05) is 0 Å². The summed E-state index contributed by atoms with van der Waals surface area (Å²) in [6, 6.07) is 0. The summed E-state index contributed by atoms with van der Waals surface area (Å²) in [5, 5.41) is 0. The SMILES string of the molecule is C[CH2][Ta]([C](C)=O)([C](C)=O)([C](C)=O)[C](C)=O.O. The summed E-state index contributed by atoms with van der Waals surface area (Å²) in [6.07, 6.45) is 0. The summed E-state index contributed by atoms with van der Waals surface area (Å²) in [5.74, 6) is 0. The van der Waals surface area contributed by atoms with Crippen LogP contribution in [-0.4, -0.2) is 21.5 Å². The summed E-state index contributed by atoms with van der Waals surface area (Å²) < 4.78 is -1.81. The molecule has 0 aliphatic carbocycles. The van der Waals surface area contributed by atoms with Gasteiger partial charge in [-0.25, -0.2) is 0 Å². The van der Waals surface area contributed by atoms with Crippen molar-refractivity contribution in [1.82, 2.24) is 0 Å². The number of hydrogen-bond donors (Lipinski definition) is 0. The van der Waals surface area contributed by atoms with Crippen molar-refractivity contribution in [2.24, 2.45) is 0 Å². The molecule has 0 fully saturated rings. The van der Waals surface area contributed by atoms with E-state index in [2.05, 4.69) is 0 Å². The second kappa shape index (κ2) is 5.14. The third-order valence-electron chi connectivity index (χ3n) is 3.41. The first kappa shape index (κ1) is 17.8. The smallest absolute Gasteiger partial charge is 0.412 e. The van der Waals surface area contributed by atoms with E-state index < -0.39 is 31.8 Å². The van der Waals surface area contributed by atoms with Gasteiger partial charge in [0.1, 0.15) is 0 Å². The summed E-state index contributed by atoms with van der Waals surface area (Å²) in [6.45, 7) is 6.43. The van der Waals surface area contributed by atoms with Crippen molar-refractivity contribution in [2.45, 2.75) is 39.3 Å². The fourth-order valence-electron chi connectivity index (χ4n) is 2.22. The minimum atomic E-state index is -5.25. The molecule has 6 heteroatoms. The van der Waals surface area contributed by atoms with Gasteiger partial charge in [-0.05, 0) is 0 Å². The van der Waals surface area contributed by atoms with Crippen LogP contribution in [0, 0.1) is 0 Å². The molecule has 0 radical (unpaired) electrons. The molecule has 0 saturated heterocycles. The molecular formula is C10H19O5Ta. The van der Waals surface area contributed by atoms with Gasteiger partial charge >= 0.3 is 90.3 Å². The van der Waals surface area contributed by atoms with Gasteiger partial charge in [0, 0.05) is 0 Å². The minimum Gasteiger partial charge on any atom is -0.412 e. The molecule has 0 heterocycles. The molecule has 0 bridgehead atoms. The van der Waals surface area contributed by atoms with Gasteiger partial charge in [-0.15, -0.1) is 0 Å². The molecule has 94 valence electrons. The van der Waals surface area contributed by atoms with Crippen molar-refractivity contribution in [3.8, 4) is 0 Å². The van der Waals surface area contributed by atoms with E-state index in [1.807, 2.05) is 0 Å². The van der Waals surface area contributed by atoms with Crippen LogP contribution in [-0.2, 0) is 35.0 Å². The molecule has 0 aliphatic rings. The Bertz CT molecular complexity index is 291. The molecule has 0 aromatic carbocycles. The van der Waals surface area contributed by atoms with Gasteiger partial charge < -0.3 is 5.48 Å². The Hall–Kier alpha value is -0.620. The molecule has 16 heavy (non-hydrogen) atoms. The Morgan fingerprint density at radius 2 is 0.938 bits per heavy atom. The van der Waals surface area contributed by atoms with E-state index in [0.29, 0.717) is 0 Å². The third-order valence-corrected chi connectivity index (χ3v) is 27.9. The normalized spacial score (nSPS) is 12.9. The maximum absolute atomic E-state index is 11.8. The zero-order chi connectivity index (χ0) is 12.5. The number of carbonyl (C=O) groups is 4. The van der Waals surface area contributed by atoms with Crippen LogP contribution >= 0.6 is 0 Å². The Labute approximate surface area is 95.8 Å². The molecule has 0 amide bonds. The molecule has 0 aromatic rings. The van der Waals surface area contributed by atoms with E-state index in [1.54, 1.807) is 6.92 Å². The predicted molar refractivity (Wildman–Crippen MR) is 56.8 cm³/mol. The molecule has 0 atom stereocenters. The molecule has 0 spiro atoms. The largest absolute Gasteiger partial charge is 0.412 e. The van der Waals surface area contributed by atoms with Crippen molar-refractivity contribution in [2.75, 3.05) is 0 Å². The minimum absolute atomic E-state index is 0. The van der Waals surface area contributed by atoms with E-state index in [4.69, 9.17) is 0 Å². The molecule has 0 aromatic heterocycles. The first-order valence-electron chi connectivity index (χ1n) is 4.73. The average Bonchev–Trinajstić information content (AvgIpc) is 2.04. The fraction of sp³-hybridized carbons (Fsp3) is 0.600. The molecule has 0 saturated carbocycles. The first-order valence-corrected chi connectivity index (χ1v) is 13.4. The number of rotatable bonds is 5. The fourth-order valence-corrected chi connectivity index (χ4v) is 18.2. The first-order chi connectivity index (χ1) is 6.67. The van der Waals surface area contributed by atoms with Crippen molar-refractivity contribution in [3.63, 3.8) is 0 Å². The Morgan fingerprint density at radius 3 is 0.938 bits per heavy atom. The zero-order valence-electron chi connectivity index (χ0n) is 10.3. The van der Waals surface area contributed by atoms with E-state index >= 15 is 0 Å². The molecule has 5 nitrogen and oxygen atoms in total. The van der Waals surface area contributed by atoms with Gasteiger partial charge in [0.2, 0.25) is 0 Å². The molecule has 0 aliphatic heterocycles. The zero-order valence-corrected chi connectivity index (χ0v) is 13.5. The van der Waals surface area contributed by atoms with Crippen molar-refractivity contribution < 1.29 is 40.5 Å². The van der Waals surface area contributed by atoms with Crippen LogP contribution < -0.4 is 0 Å². The van der Waals surface area contributed by atoms with Crippen LogP contribution in [0.1, 0.15) is 34.6 Å². The second-order valence-corrected chi connectivity index (χ2v) is 24.4. The number of hydrogen-bond acceptors (Lipinski definition) is 4. The molecule has 0 rings (SSSR count). The van der Waals surface area contributed by atoms with Crippen molar-refractivity contribution >= 4 is 16.0 Å². The van der Waals surface area contributed by atoms with Crippen LogP contribution in [0.5, 0.6) is 0 Å². The Balaban J connectivity index is 0. The van der Waals surface area contributed by atoms with Gasteiger partial charge in [0.15, 0.2) is 0 Å². The topological polar surface area (TPSA) is 99.8 Å². The van der Waals surface area contributed by atoms with E-state index in [1.165, 1.54) is 27.7 Å². The summed E-state index contributed by atoms with van der Waals surface area (Å²) in [4.78, 5) is 47.1. The van der Waals surface area contributed by atoms with Gasteiger partial charge in [-0.2, -0.15) is 0 Å². The van der Waals surface area contributed by atoms with Gasteiger partial charge in [0.25, 0.3) is 0 Å². The van der Waals surface area contributed by atoms with Crippen LogP contribution in [0.15, 0.2) is 0 Å². The van der Waals surface area contributed by atoms with Crippen LogP contribution in [0.2, 0.25) is 4.64 Å². The van der Waals surface area contributed by atoms with E-state index in [9.17, 15) is 19.2 Å². The van der Waals surface area contributed by atoms with Crippen molar-refractivity contribution in [3.05, 3.63) is 0 Å². The van der Waals surface area contributed by atoms with Gasteiger partial charge in [0.05, 0.1) is 0 Å². The van der Waals surface area contributed by atoms with E-state index in [0.717, 1.165) is 0 Å². The summed E-state index contributed by atoms with van der Waals surface area (Å²) >= 11 is -5.25. The molecule has 2 N–H and O–H groups in total. The summed E-state index contributed by atoms with van der Waals surface area (Å²) in [5.41, 5.74) is 0. The van der Waals surface area contributed by atoms with Crippen LogP contribution in [0.3, 0.4) is 0 Å². The van der Waals surface area contributed by atoms with E-state index in [-0.39, 0.29) is 10.1 Å². The predicted octanol–water partition coefficient (Wildman–Crippen LogP) is 0.476. The second-order valence-electron chi connectivity index (χ2n) is 3.70. The van der Waals surface area contributed by atoms with Gasteiger partial charge in [-0.3, -0.25) is 0 Å². The van der Waals surface area contributed by atoms with Crippen molar-refractivity contribution in [1.29, 1.82) is 0 Å². The maximum atomic E-state index is 11.8. The third kappa shape index (κ3) is 1.64. The Kier molecular flexibility index (Phi) is 5.71. The monoisotopic (exact) mass is 400 g/mol.